The van der Waals surface area contributed by atoms with E-state index in [4.69, 9.17) is 9.72 Å². The van der Waals surface area contributed by atoms with Gasteiger partial charge in [0, 0.05) is 36.2 Å². The number of carbonyl (C=O) groups excluding carboxylic acids is 1. The second-order valence-electron chi connectivity index (χ2n) is 12.5. The lowest BCUT2D eigenvalue weighted by Gasteiger charge is -2.36. The van der Waals surface area contributed by atoms with Crippen LogP contribution in [0.25, 0.3) is 10.4 Å². The van der Waals surface area contributed by atoms with Crippen LogP contribution in [0.4, 0.5) is 5.69 Å². The predicted octanol–water partition coefficient (Wildman–Crippen LogP) is 8.64. The molecule has 3 aromatic rings. The van der Waals surface area contributed by atoms with Crippen molar-refractivity contribution in [2.75, 3.05) is 18.6 Å². The Morgan fingerprint density at radius 1 is 1.00 bits per heavy atom. The quantitative estimate of drug-likeness (QED) is 0.273. The number of aryl methyl sites for hydroxylation is 1. The minimum atomic E-state index is 0.00624. The lowest BCUT2D eigenvalue weighted by Crippen LogP contribution is -2.41. The smallest absolute Gasteiger partial charge is 0.230 e. The number of thiazole rings is 1. The van der Waals surface area contributed by atoms with E-state index in [1.807, 2.05) is 6.20 Å². The Hall–Kier alpha value is -3.17. The molecule has 3 saturated carbocycles. The summed E-state index contributed by atoms with van der Waals surface area (Å²) in [6.07, 6.45) is 12.4. The summed E-state index contributed by atoms with van der Waals surface area (Å²) in [5.41, 5.74) is 4.76. The summed E-state index contributed by atoms with van der Waals surface area (Å²) >= 11 is 1.80. The molecule has 0 radical (unpaired) electrons. The molecule has 0 saturated heterocycles. The van der Waals surface area contributed by atoms with Crippen LogP contribution in [0.3, 0.4) is 0 Å². The molecular formula is C35H41N3O2S. The molecule has 1 amide bonds. The van der Waals surface area contributed by atoms with Gasteiger partial charge in [0.25, 0.3) is 0 Å². The van der Waals surface area contributed by atoms with Gasteiger partial charge in [-0.05, 0) is 118 Å². The average Bonchev–Trinajstić information content (AvgIpc) is 3.75. The van der Waals surface area contributed by atoms with Crippen molar-refractivity contribution < 1.29 is 9.53 Å². The summed E-state index contributed by atoms with van der Waals surface area (Å²) in [5.74, 6) is 3.00. The Labute approximate surface area is 248 Å². The van der Waals surface area contributed by atoms with Gasteiger partial charge in [0.05, 0.1) is 23.1 Å². The molecule has 0 atom stereocenters. The molecule has 0 spiro atoms. The van der Waals surface area contributed by atoms with Crippen LogP contribution in [0.5, 0.6) is 5.75 Å². The Balaban J connectivity index is 1.19. The van der Waals surface area contributed by atoms with E-state index in [1.54, 1.807) is 18.4 Å². The average molecular weight is 568 g/mol. The van der Waals surface area contributed by atoms with Crippen molar-refractivity contribution in [3.05, 3.63) is 64.8 Å². The molecule has 214 valence electrons. The second kappa shape index (κ2) is 12.4. The number of aromatic nitrogens is 1. The molecule has 0 N–H and O–H groups in total. The van der Waals surface area contributed by atoms with Crippen molar-refractivity contribution in [3.8, 4) is 22.3 Å². The van der Waals surface area contributed by atoms with E-state index >= 15 is 0 Å². The van der Waals surface area contributed by atoms with Crippen LogP contribution in [-0.2, 0) is 4.79 Å². The molecule has 1 aromatic heterocycles. The topological polar surface area (TPSA) is 66.2 Å². The number of benzene rings is 2. The number of methoxy groups -OCH3 is 1. The number of hydrogen-bond acceptors (Lipinski definition) is 5. The lowest BCUT2D eigenvalue weighted by molar-refractivity contribution is -0.123. The Bertz CT molecular complexity index is 1400. The third kappa shape index (κ3) is 6.36. The first-order valence-corrected chi connectivity index (χ1v) is 16.3. The molecule has 0 unspecified atom stereocenters. The van der Waals surface area contributed by atoms with Crippen molar-refractivity contribution in [2.24, 2.45) is 17.8 Å². The lowest BCUT2D eigenvalue weighted by atomic mass is 9.77. The van der Waals surface area contributed by atoms with Gasteiger partial charge in [-0.2, -0.15) is 5.26 Å². The molecule has 6 rings (SSSR count). The van der Waals surface area contributed by atoms with Crippen LogP contribution in [-0.4, -0.2) is 24.5 Å². The van der Waals surface area contributed by atoms with Crippen molar-refractivity contribution in [1.29, 1.82) is 5.26 Å². The first-order valence-electron chi connectivity index (χ1n) is 15.4. The van der Waals surface area contributed by atoms with Gasteiger partial charge in [0.2, 0.25) is 5.91 Å². The number of rotatable bonds is 8. The van der Waals surface area contributed by atoms with Gasteiger partial charge >= 0.3 is 0 Å². The maximum atomic E-state index is 14.1. The summed E-state index contributed by atoms with van der Waals surface area (Å²) < 4.78 is 5.47. The van der Waals surface area contributed by atoms with Crippen molar-refractivity contribution in [1.82, 2.24) is 4.98 Å². The molecule has 3 aliphatic rings. The highest BCUT2D eigenvalue weighted by Crippen LogP contribution is 2.44. The van der Waals surface area contributed by atoms with Crippen LogP contribution in [0.1, 0.15) is 92.2 Å². The SMILES string of the molecule is COc1ccc([C@H]2CC[C@H](CN(c3cccc(-c4cnc(C5CC5)s4)c3)C(=O)[C@H]3CC[C@H](C#N)CC3)CC2)cc1C. The van der Waals surface area contributed by atoms with Crippen molar-refractivity contribution in [2.45, 2.75) is 83.0 Å². The number of nitrogens with zero attached hydrogens (tertiary/aromatic N) is 3. The van der Waals surface area contributed by atoms with E-state index in [1.165, 1.54) is 33.9 Å². The second-order valence-corrected chi connectivity index (χ2v) is 13.5. The van der Waals surface area contributed by atoms with E-state index in [2.05, 4.69) is 60.4 Å². The van der Waals surface area contributed by atoms with Gasteiger partial charge in [-0.25, -0.2) is 4.98 Å². The molecule has 2 aromatic carbocycles. The summed E-state index contributed by atoms with van der Waals surface area (Å²) in [4.78, 5) is 22.1. The van der Waals surface area contributed by atoms with Gasteiger partial charge in [0.15, 0.2) is 0 Å². The highest BCUT2D eigenvalue weighted by Gasteiger charge is 2.33. The molecule has 41 heavy (non-hydrogen) atoms. The van der Waals surface area contributed by atoms with E-state index in [9.17, 15) is 10.1 Å². The summed E-state index contributed by atoms with van der Waals surface area (Å²) in [5, 5.41) is 10.6. The molecular weight excluding hydrogens is 526 g/mol. The minimum Gasteiger partial charge on any atom is -0.496 e. The summed E-state index contributed by atoms with van der Waals surface area (Å²) in [6, 6.07) is 17.6. The number of ether oxygens (including phenoxy) is 1. The molecule has 3 fully saturated rings. The molecule has 0 aliphatic heterocycles. The van der Waals surface area contributed by atoms with Gasteiger partial charge < -0.3 is 9.64 Å². The maximum absolute atomic E-state index is 14.1. The molecule has 3 aliphatic carbocycles. The zero-order chi connectivity index (χ0) is 28.3. The number of carbonyl (C=O) groups is 1. The molecule has 6 heteroatoms. The fraction of sp³-hybridized carbons (Fsp3) is 0.514. The van der Waals surface area contributed by atoms with Crippen LogP contribution in [0.2, 0.25) is 0 Å². The Morgan fingerprint density at radius 2 is 1.76 bits per heavy atom. The summed E-state index contributed by atoms with van der Waals surface area (Å²) in [6.45, 7) is 2.89. The van der Waals surface area contributed by atoms with Crippen molar-refractivity contribution >= 4 is 22.9 Å². The maximum Gasteiger partial charge on any atom is 0.230 e. The number of hydrogen-bond donors (Lipinski definition) is 0. The molecule has 5 nitrogen and oxygen atoms in total. The first kappa shape index (κ1) is 28.0. The highest BCUT2D eigenvalue weighted by molar-refractivity contribution is 7.15. The third-order valence-electron chi connectivity index (χ3n) is 9.60. The number of anilines is 1. The largest absolute Gasteiger partial charge is 0.496 e. The van der Waals surface area contributed by atoms with E-state index in [0.717, 1.165) is 74.9 Å². The van der Waals surface area contributed by atoms with Gasteiger partial charge in [-0.3, -0.25) is 4.79 Å². The number of amides is 1. The minimum absolute atomic E-state index is 0.00624. The van der Waals surface area contributed by atoms with Crippen LogP contribution >= 0.6 is 11.3 Å². The Kier molecular flexibility index (Phi) is 8.44. The third-order valence-corrected chi connectivity index (χ3v) is 10.8. The van der Waals surface area contributed by atoms with E-state index < -0.39 is 0 Å². The highest BCUT2D eigenvalue weighted by atomic mass is 32.1. The van der Waals surface area contributed by atoms with Gasteiger partial charge in [0.1, 0.15) is 5.75 Å². The molecule has 0 bridgehead atoms. The standard InChI is InChI=1S/C35H41N3O2S/c1-23-18-29(16-17-32(23)40-2)26-10-8-25(9-11-26)22-38(35(39)28-12-6-24(20-36)7-13-28)31-5-3-4-30(19-31)33-21-37-34(41-33)27-14-15-27/h3-5,16-19,21,24-28H,6-15,22H2,1-2H3/t24-,25-,26-,28-. The van der Waals surface area contributed by atoms with Crippen LogP contribution < -0.4 is 9.64 Å². The zero-order valence-electron chi connectivity index (χ0n) is 24.4. The van der Waals surface area contributed by atoms with Crippen LogP contribution in [0, 0.1) is 36.0 Å². The fourth-order valence-electron chi connectivity index (χ4n) is 6.87. The zero-order valence-corrected chi connectivity index (χ0v) is 25.2. The van der Waals surface area contributed by atoms with E-state index in [-0.39, 0.29) is 17.7 Å². The normalized spacial score (nSPS) is 24.4. The van der Waals surface area contributed by atoms with Gasteiger partial charge in [-0.1, -0.05) is 24.3 Å². The van der Waals surface area contributed by atoms with Gasteiger partial charge in [-0.15, -0.1) is 11.3 Å². The number of nitriles is 1. The first-order chi connectivity index (χ1) is 20.0. The monoisotopic (exact) mass is 567 g/mol. The fourth-order valence-corrected chi connectivity index (χ4v) is 7.96. The Morgan fingerprint density at radius 3 is 2.44 bits per heavy atom. The summed E-state index contributed by atoms with van der Waals surface area (Å²) in [7, 11) is 1.73. The molecule has 1 heterocycles. The van der Waals surface area contributed by atoms with E-state index in [0.29, 0.717) is 17.8 Å². The predicted molar refractivity (Wildman–Crippen MR) is 165 cm³/mol. The van der Waals surface area contributed by atoms with Crippen molar-refractivity contribution in [3.63, 3.8) is 0 Å². The van der Waals surface area contributed by atoms with Crippen LogP contribution in [0.15, 0.2) is 48.7 Å².